The van der Waals surface area contributed by atoms with E-state index in [1.165, 1.54) is 18.4 Å². The van der Waals surface area contributed by atoms with E-state index in [2.05, 4.69) is 22.3 Å². The Morgan fingerprint density at radius 3 is 2.43 bits per heavy atom. The van der Waals surface area contributed by atoms with Crippen molar-refractivity contribution in [2.45, 2.75) is 57.2 Å². The van der Waals surface area contributed by atoms with Gasteiger partial charge in [0.1, 0.15) is 6.61 Å². The van der Waals surface area contributed by atoms with Crippen molar-refractivity contribution in [3.63, 3.8) is 0 Å². The average molecular weight is 427 g/mol. The topological polar surface area (TPSA) is 41.6 Å². The maximum Gasteiger partial charge on any atom is 0.407 e. The lowest BCUT2D eigenvalue weighted by Gasteiger charge is -2.36. The molecule has 2 aromatic rings. The van der Waals surface area contributed by atoms with Gasteiger partial charge in [0.25, 0.3) is 0 Å². The van der Waals surface area contributed by atoms with E-state index in [1.807, 2.05) is 42.5 Å². The second kappa shape index (κ2) is 10.3. The molecule has 4 nitrogen and oxygen atoms in total. The Balaban J connectivity index is 1.16. The molecule has 0 aromatic heterocycles. The Bertz CT molecular complexity index is 804. The standard InChI is InChI=1S/C25H31ClN2O2/c26-22-8-6-19(7-9-22)16-20-12-14-28(15-13-20)24-11-10-23(17-24)27-25(29)30-18-21-4-2-1-3-5-21/h1-9,20,23-24H,10-18H2,(H,27,29). The maximum atomic E-state index is 12.1. The number of alkyl carbamates (subject to hydrolysis) is 1. The van der Waals surface area contributed by atoms with Gasteiger partial charge >= 0.3 is 6.09 Å². The van der Waals surface area contributed by atoms with E-state index in [4.69, 9.17) is 16.3 Å². The highest BCUT2D eigenvalue weighted by atomic mass is 35.5. The predicted octanol–water partition coefficient (Wildman–Crippen LogP) is 5.44. The second-order valence-electron chi connectivity index (χ2n) is 8.68. The number of carbonyl (C=O) groups excluding carboxylic acids is 1. The normalized spacial score (nSPS) is 22.7. The lowest BCUT2D eigenvalue weighted by Crippen LogP contribution is -2.42. The molecule has 0 bridgehead atoms. The fraction of sp³-hybridized carbons (Fsp3) is 0.480. The molecule has 5 heteroatoms. The minimum Gasteiger partial charge on any atom is -0.445 e. The summed E-state index contributed by atoms with van der Waals surface area (Å²) in [6.07, 6.45) is 6.56. The van der Waals surface area contributed by atoms with Crippen molar-refractivity contribution in [2.24, 2.45) is 5.92 Å². The molecule has 1 aliphatic heterocycles. The lowest BCUT2D eigenvalue weighted by molar-refractivity contribution is 0.127. The zero-order valence-corrected chi connectivity index (χ0v) is 18.2. The summed E-state index contributed by atoms with van der Waals surface area (Å²) in [5.41, 5.74) is 2.40. The number of nitrogens with zero attached hydrogens (tertiary/aromatic N) is 1. The Labute approximate surface area is 184 Å². The molecule has 2 atom stereocenters. The summed E-state index contributed by atoms with van der Waals surface area (Å²) in [6, 6.07) is 18.9. The Hall–Kier alpha value is -2.04. The summed E-state index contributed by atoms with van der Waals surface area (Å²) in [5.74, 6) is 0.755. The fourth-order valence-electron chi connectivity index (χ4n) is 4.83. The minimum atomic E-state index is -0.300. The van der Waals surface area contributed by atoms with Crippen molar-refractivity contribution in [3.8, 4) is 0 Å². The zero-order valence-electron chi connectivity index (χ0n) is 17.4. The van der Waals surface area contributed by atoms with E-state index >= 15 is 0 Å². The molecular formula is C25H31ClN2O2. The quantitative estimate of drug-likeness (QED) is 0.668. The van der Waals surface area contributed by atoms with Gasteiger partial charge in [-0.3, -0.25) is 0 Å². The minimum absolute atomic E-state index is 0.227. The lowest BCUT2D eigenvalue weighted by atomic mass is 9.89. The molecule has 1 amide bonds. The van der Waals surface area contributed by atoms with Crippen molar-refractivity contribution < 1.29 is 9.53 Å². The third-order valence-electron chi connectivity index (χ3n) is 6.54. The monoisotopic (exact) mass is 426 g/mol. The molecule has 2 aliphatic rings. The van der Waals surface area contributed by atoms with Crippen molar-refractivity contribution in [1.82, 2.24) is 10.2 Å². The third-order valence-corrected chi connectivity index (χ3v) is 6.79. The van der Waals surface area contributed by atoms with Crippen LogP contribution in [0.25, 0.3) is 0 Å². The van der Waals surface area contributed by atoms with Crippen LogP contribution in [0.1, 0.15) is 43.2 Å². The van der Waals surface area contributed by atoms with Crippen LogP contribution in [-0.4, -0.2) is 36.2 Å². The SMILES string of the molecule is O=C(NC1CCC(N2CCC(Cc3ccc(Cl)cc3)CC2)C1)OCc1ccccc1. The van der Waals surface area contributed by atoms with Crippen LogP contribution in [0, 0.1) is 5.92 Å². The van der Waals surface area contributed by atoms with Crippen molar-refractivity contribution in [3.05, 3.63) is 70.7 Å². The molecule has 1 N–H and O–H groups in total. The number of ether oxygens (including phenoxy) is 1. The average Bonchev–Trinajstić information content (AvgIpc) is 3.23. The number of hydrogen-bond donors (Lipinski definition) is 1. The highest BCUT2D eigenvalue weighted by Gasteiger charge is 2.32. The van der Waals surface area contributed by atoms with Gasteiger partial charge in [0, 0.05) is 17.1 Å². The van der Waals surface area contributed by atoms with Crippen molar-refractivity contribution in [2.75, 3.05) is 13.1 Å². The molecule has 2 unspecified atom stereocenters. The van der Waals surface area contributed by atoms with E-state index in [-0.39, 0.29) is 12.1 Å². The number of hydrogen-bond acceptors (Lipinski definition) is 3. The van der Waals surface area contributed by atoms with Crippen LogP contribution in [0.15, 0.2) is 54.6 Å². The number of benzene rings is 2. The van der Waals surface area contributed by atoms with Crippen LogP contribution in [0.4, 0.5) is 4.79 Å². The Morgan fingerprint density at radius 1 is 0.967 bits per heavy atom. The highest BCUT2D eigenvalue weighted by Crippen LogP contribution is 2.30. The van der Waals surface area contributed by atoms with E-state index in [9.17, 15) is 4.79 Å². The van der Waals surface area contributed by atoms with Crippen molar-refractivity contribution in [1.29, 1.82) is 0 Å². The van der Waals surface area contributed by atoms with Crippen LogP contribution in [0.3, 0.4) is 0 Å². The van der Waals surface area contributed by atoms with Crippen molar-refractivity contribution >= 4 is 17.7 Å². The first-order valence-corrected chi connectivity index (χ1v) is 11.5. The van der Waals surface area contributed by atoms with Gasteiger partial charge in [-0.2, -0.15) is 0 Å². The zero-order chi connectivity index (χ0) is 20.8. The number of amides is 1. The van der Waals surface area contributed by atoms with Crippen LogP contribution < -0.4 is 5.32 Å². The number of piperidine rings is 1. The molecule has 0 radical (unpaired) electrons. The third kappa shape index (κ3) is 5.99. The van der Waals surface area contributed by atoms with Crippen LogP contribution in [0.5, 0.6) is 0 Å². The summed E-state index contributed by atoms with van der Waals surface area (Å²) >= 11 is 5.99. The maximum absolute atomic E-state index is 12.1. The molecule has 1 heterocycles. The van der Waals surface area contributed by atoms with Gasteiger partial charge in [-0.25, -0.2) is 4.79 Å². The molecule has 2 fully saturated rings. The molecule has 160 valence electrons. The number of carbonyl (C=O) groups is 1. The first kappa shape index (κ1) is 21.2. The Morgan fingerprint density at radius 2 is 1.70 bits per heavy atom. The summed E-state index contributed by atoms with van der Waals surface area (Å²) in [7, 11) is 0. The second-order valence-corrected chi connectivity index (χ2v) is 9.12. The molecule has 1 saturated carbocycles. The van der Waals surface area contributed by atoms with Gasteiger partial charge in [-0.1, -0.05) is 54.1 Å². The highest BCUT2D eigenvalue weighted by molar-refractivity contribution is 6.30. The van der Waals surface area contributed by atoms with Gasteiger partial charge in [0.05, 0.1) is 0 Å². The Kier molecular flexibility index (Phi) is 7.29. The number of rotatable bonds is 6. The molecule has 1 saturated heterocycles. The van der Waals surface area contributed by atoms with E-state index < -0.39 is 0 Å². The molecule has 2 aromatic carbocycles. The summed E-state index contributed by atoms with van der Waals surface area (Å²) in [5, 5.41) is 3.87. The largest absolute Gasteiger partial charge is 0.445 e. The van der Waals surface area contributed by atoms with Gasteiger partial charge in [-0.05, 0) is 80.8 Å². The first-order valence-electron chi connectivity index (χ1n) is 11.1. The predicted molar refractivity (Wildman–Crippen MR) is 121 cm³/mol. The molecular weight excluding hydrogens is 396 g/mol. The molecule has 30 heavy (non-hydrogen) atoms. The summed E-state index contributed by atoms with van der Waals surface area (Å²) in [4.78, 5) is 14.8. The van der Waals surface area contributed by atoms with Crippen LogP contribution in [-0.2, 0) is 17.8 Å². The summed E-state index contributed by atoms with van der Waals surface area (Å²) < 4.78 is 5.38. The number of halogens is 1. The smallest absolute Gasteiger partial charge is 0.407 e. The van der Waals surface area contributed by atoms with Gasteiger partial charge in [0.2, 0.25) is 0 Å². The van der Waals surface area contributed by atoms with E-state index in [1.54, 1.807) is 0 Å². The van der Waals surface area contributed by atoms with E-state index in [0.29, 0.717) is 12.6 Å². The number of nitrogens with one attached hydrogen (secondary N) is 1. The molecule has 4 rings (SSSR count). The molecule has 1 aliphatic carbocycles. The van der Waals surface area contributed by atoms with Gasteiger partial charge in [0.15, 0.2) is 0 Å². The van der Waals surface area contributed by atoms with E-state index in [0.717, 1.165) is 55.3 Å². The molecule has 0 spiro atoms. The fourth-order valence-corrected chi connectivity index (χ4v) is 4.95. The van der Waals surface area contributed by atoms with Crippen LogP contribution in [0.2, 0.25) is 5.02 Å². The van der Waals surface area contributed by atoms with Crippen LogP contribution >= 0.6 is 11.6 Å². The number of likely N-dealkylation sites (tertiary alicyclic amines) is 1. The summed E-state index contributed by atoms with van der Waals surface area (Å²) in [6.45, 7) is 2.64. The van der Waals surface area contributed by atoms with Gasteiger partial charge < -0.3 is 15.0 Å². The van der Waals surface area contributed by atoms with Gasteiger partial charge in [-0.15, -0.1) is 0 Å². The first-order chi connectivity index (χ1) is 14.7.